The smallest absolute Gasteiger partial charge is 0.271 e. The third-order valence-corrected chi connectivity index (χ3v) is 4.02. The van der Waals surface area contributed by atoms with Gasteiger partial charge in [0.1, 0.15) is 11.3 Å². The number of nitro groups is 1. The van der Waals surface area contributed by atoms with Crippen LogP contribution in [0.15, 0.2) is 21.1 Å². The Bertz CT molecular complexity index is 536. The fourth-order valence-electron chi connectivity index (χ4n) is 1.38. The SMILES string of the molecule is CNC(C)(C#N)CCOc1c(Br)cc([N+](=O)[O-])cc1Br. The molecule has 108 valence electrons. The molecule has 0 radical (unpaired) electrons. The first-order valence-electron chi connectivity index (χ1n) is 5.69. The molecule has 1 atom stereocenters. The highest BCUT2D eigenvalue weighted by atomic mass is 79.9. The molecule has 0 amide bonds. The number of nitrogens with zero attached hydrogens (tertiary/aromatic N) is 2. The van der Waals surface area contributed by atoms with E-state index < -0.39 is 10.5 Å². The van der Waals surface area contributed by atoms with E-state index in [1.807, 2.05) is 0 Å². The second kappa shape index (κ2) is 7.02. The molecule has 1 aromatic carbocycles. The van der Waals surface area contributed by atoms with Gasteiger partial charge in [-0.3, -0.25) is 10.1 Å². The molecule has 0 aliphatic carbocycles. The molecule has 20 heavy (non-hydrogen) atoms. The Morgan fingerprint density at radius 1 is 1.50 bits per heavy atom. The van der Waals surface area contributed by atoms with E-state index in [1.54, 1.807) is 14.0 Å². The second-order valence-electron chi connectivity index (χ2n) is 4.29. The van der Waals surface area contributed by atoms with Crippen molar-refractivity contribution in [2.45, 2.75) is 18.9 Å². The fourth-order valence-corrected chi connectivity index (χ4v) is 2.78. The predicted molar refractivity (Wildman–Crippen MR) is 81.7 cm³/mol. The molecule has 0 aromatic heterocycles. The van der Waals surface area contributed by atoms with Gasteiger partial charge in [-0.1, -0.05) is 0 Å². The van der Waals surface area contributed by atoms with Gasteiger partial charge in [-0.15, -0.1) is 0 Å². The van der Waals surface area contributed by atoms with E-state index in [-0.39, 0.29) is 5.69 Å². The van der Waals surface area contributed by atoms with E-state index in [9.17, 15) is 10.1 Å². The summed E-state index contributed by atoms with van der Waals surface area (Å²) in [5, 5.41) is 22.7. The number of nitro benzene ring substituents is 1. The first kappa shape index (κ1) is 16.9. The van der Waals surface area contributed by atoms with E-state index >= 15 is 0 Å². The monoisotopic (exact) mass is 405 g/mol. The predicted octanol–water partition coefficient (Wildman–Crippen LogP) is 3.39. The Balaban J connectivity index is 2.80. The molecule has 0 aliphatic rings. The Labute approximate surface area is 133 Å². The van der Waals surface area contributed by atoms with Gasteiger partial charge in [0, 0.05) is 18.6 Å². The van der Waals surface area contributed by atoms with Gasteiger partial charge in [0.05, 0.1) is 26.5 Å². The number of benzene rings is 1. The van der Waals surface area contributed by atoms with Crippen molar-refractivity contribution in [2.24, 2.45) is 0 Å². The zero-order valence-electron chi connectivity index (χ0n) is 10.9. The third kappa shape index (κ3) is 4.16. The van der Waals surface area contributed by atoms with Crippen molar-refractivity contribution < 1.29 is 9.66 Å². The number of halogens is 2. The zero-order valence-corrected chi connectivity index (χ0v) is 14.1. The summed E-state index contributed by atoms with van der Waals surface area (Å²) in [4.78, 5) is 10.2. The molecule has 1 aromatic rings. The van der Waals surface area contributed by atoms with Crippen molar-refractivity contribution in [3.8, 4) is 11.8 Å². The Kier molecular flexibility index (Phi) is 5.92. The van der Waals surface area contributed by atoms with Crippen LogP contribution in [-0.2, 0) is 0 Å². The van der Waals surface area contributed by atoms with Crippen LogP contribution in [0.3, 0.4) is 0 Å². The number of nitriles is 1. The second-order valence-corrected chi connectivity index (χ2v) is 6.00. The quantitative estimate of drug-likeness (QED) is 0.577. The lowest BCUT2D eigenvalue weighted by Gasteiger charge is -2.21. The number of rotatable bonds is 6. The maximum absolute atomic E-state index is 10.7. The van der Waals surface area contributed by atoms with Crippen molar-refractivity contribution in [3.05, 3.63) is 31.2 Å². The normalized spacial score (nSPS) is 13.3. The van der Waals surface area contributed by atoms with Crippen molar-refractivity contribution in [1.29, 1.82) is 5.26 Å². The minimum atomic E-state index is -0.667. The summed E-state index contributed by atoms with van der Waals surface area (Å²) in [6, 6.07) is 4.92. The summed E-state index contributed by atoms with van der Waals surface area (Å²) >= 11 is 6.48. The fraction of sp³-hybridized carbons (Fsp3) is 0.417. The van der Waals surface area contributed by atoms with Crippen molar-refractivity contribution >= 4 is 37.5 Å². The molecule has 0 aliphatic heterocycles. The van der Waals surface area contributed by atoms with Crippen LogP contribution in [-0.4, -0.2) is 24.1 Å². The maximum atomic E-state index is 10.7. The van der Waals surface area contributed by atoms with Crippen LogP contribution in [0.1, 0.15) is 13.3 Å². The van der Waals surface area contributed by atoms with Crippen LogP contribution in [0, 0.1) is 21.4 Å². The van der Waals surface area contributed by atoms with E-state index in [2.05, 4.69) is 43.2 Å². The molecule has 0 bridgehead atoms. The minimum Gasteiger partial charge on any atom is -0.491 e. The van der Waals surface area contributed by atoms with E-state index in [0.717, 1.165) is 0 Å². The van der Waals surface area contributed by atoms with Gasteiger partial charge < -0.3 is 10.1 Å². The topological polar surface area (TPSA) is 88.2 Å². The van der Waals surface area contributed by atoms with Crippen LogP contribution >= 0.6 is 31.9 Å². The van der Waals surface area contributed by atoms with E-state index in [4.69, 9.17) is 10.00 Å². The average Bonchev–Trinajstić information content (AvgIpc) is 2.41. The highest BCUT2D eigenvalue weighted by Gasteiger charge is 2.22. The lowest BCUT2D eigenvalue weighted by Crippen LogP contribution is -2.39. The number of nitrogens with one attached hydrogen (secondary N) is 1. The molecular formula is C12H13Br2N3O3. The zero-order chi connectivity index (χ0) is 15.3. The summed E-state index contributed by atoms with van der Waals surface area (Å²) in [6.45, 7) is 2.08. The van der Waals surface area contributed by atoms with Crippen LogP contribution in [0.2, 0.25) is 0 Å². The summed E-state index contributed by atoms with van der Waals surface area (Å²) < 4.78 is 6.57. The van der Waals surface area contributed by atoms with Crippen LogP contribution < -0.4 is 10.1 Å². The van der Waals surface area contributed by atoms with Crippen molar-refractivity contribution in [3.63, 3.8) is 0 Å². The van der Waals surface area contributed by atoms with Gasteiger partial charge in [0.15, 0.2) is 0 Å². The lowest BCUT2D eigenvalue weighted by atomic mass is 10.0. The van der Waals surface area contributed by atoms with Crippen molar-refractivity contribution in [2.75, 3.05) is 13.7 Å². The molecule has 1 unspecified atom stereocenters. The number of non-ortho nitro benzene ring substituents is 1. The summed E-state index contributed by atoms with van der Waals surface area (Å²) in [6.07, 6.45) is 0.482. The van der Waals surface area contributed by atoms with Gasteiger partial charge in [-0.25, -0.2) is 0 Å². The average molecular weight is 407 g/mol. The van der Waals surface area contributed by atoms with Crippen LogP contribution in [0.4, 0.5) is 5.69 Å². The summed E-state index contributed by atoms with van der Waals surface area (Å²) in [5.41, 5.74) is -0.701. The number of hydrogen-bond acceptors (Lipinski definition) is 5. The summed E-state index contributed by atoms with van der Waals surface area (Å²) in [7, 11) is 1.71. The Morgan fingerprint density at radius 3 is 2.45 bits per heavy atom. The highest BCUT2D eigenvalue weighted by Crippen LogP contribution is 2.37. The number of hydrogen-bond donors (Lipinski definition) is 1. The lowest BCUT2D eigenvalue weighted by molar-refractivity contribution is -0.385. The molecule has 1 N–H and O–H groups in total. The molecule has 0 fully saturated rings. The molecule has 0 saturated heterocycles. The van der Waals surface area contributed by atoms with Crippen LogP contribution in [0.25, 0.3) is 0 Å². The van der Waals surface area contributed by atoms with Gasteiger partial charge in [-0.05, 0) is 45.8 Å². The molecule has 0 saturated carbocycles. The molecule has 0 spiro atoms. The summed E-state index contributed by atoms with van der Waals surface area (Å²) in [5.74, 6) is 0.479. The number of ether oxygens (including phenoxy) is 1. The van der Waals surface area contributed by atoms with E-state index in [0.29, 0.717) is 27.7 Å². The third-order valence-electron chi connectivity index (χ3n) is 2.84. The largest absolute Gasteiger partial charge is 0.491 e. The molecular weight excluding hydrogens is 394 g/mol. The van der Waals surface area contributed by atoms with Crippen molar-refractivity contribution in [1.82, 2.24) is 5.32 Å². The Hall–Kier alpha value is -1.17. The molecule has 0 heterocycles. The molecule has 8 heteroatoms. The van der Waals surface area contributed by atoms with Gasteiger partial charge in [0.25, 0.3) is 5.69 Å². The van der Waals surface area contributed by atoms with Gasteiger partial charge in [-0.2, -0.15) is 5.26 Å². The first-order chi connectivity index (χ1) is 9.33. The molecule has 1 rings (SSSR count). The Morgan fingerprint density at radius 2 is 2.05 bits per heavy atom. The standard InChI is InChI=1S/C12H13Br2N3O3/c1-12(7-15,16-2)3-4-20-11-9(13)5-8(17(18)19)6-10(11)14/h5-6,16H,3-4H2,1-2H3. The van der Waals surface area contributed by atoms with Gasteiger partial charge in [0.2, 0.25) is 0 Å². The minimum absolute atomic E-state index is 0.0341. The van der Waals surface area contributed by atoms with Crippen LogP contribution in [0.5, 0.6) is 5.75 Å². The van der Waals surface area contributed by atoms with Gasteiger partial charge >= 0.3 is 0 Å². The highest BCUT2D eigenvalue weighted by molar-refractivity contribution is 9.11. The molecule has 6 nitrogen and oxygen atoms in total. The van der Waals surface area contributed by atoms with E-state index in [1.165, 1.54) is 12.1 Å². The maximum Gasteiger partial charge on any atom is 0.271 e. The first-order valence-corrected chi connectivity index (χ1v) is 7.28.